The normalized spacial score (nSPS) is 10.2. The van der Waals surface area contributed by atoms with Crippen LogP contribution in [0.4, 0.5) is 5.69 Å². The maximum atomic E-state index is 12.0. The SMILES string of the molecule is CCc1cc(Br)ccc1NC(=O)CCOc1ccccc1. The van der Waals surface area contributed by atoms with E-state index < -0.39 is 0 Å². The first-order valence-corrected chi connectivity index (χ1v) is 7.74. The van der Waals surface area contributed by atoms with Gasteiger partial charge in [-0.25, -0.2) is 0 Å². The van der Waals surface area contributed by atoms with Crippen molar-refractivity contribution in [3.05, 3.63) is 58.6 Å². The molecule has 0 saturated heterocycles. The van der Waals surface area contributed by atoms with Crippen molar-refractivity contribution in [3.8, 4) is 5.75 Å². The molecule has 0 aliphatic rings. The van der Waals surface area contributed by atoms with Gasteiger partial charge in [-0.15, -0.1) is 0 Å². The van der Waals surface area contributed by atoms with E-state index in [2.05, 4.69) is 28.2 Å². The minimum Gasteiger partial charge on any atom is -0.493 e. The monoisotopic (exact) mass is 347 g/mol. The van der Waals surface area contributed by atoms with Gasteiger partial charge < -0.3 is 10.1 Å². The third-order valence-electron chi connectivity index (χ3n) is 3.06. The Morgan fingerprint density at radius 3 is 2.67 bits per heavy atom. The average molecular weight is 348 g/mol. The summed E-state index contributed by atoms with van der Waals surface area (Å²) in [7, 11) is 0. The molecule has 2 rings (SSSR count). The van der Waals surface area contributed by atoms with Crippen molar-refractivity contribution in [3.63, 3.8) is 0 Å². The number of amides is 1. The Labute approximate surface area is 133 Å². The Morgan fingerprint density at radius 2 is 1.95 bits per heavy atom. The Bertz CT molecular complexity index is 599. The molecule has 0 fully saturated rings. The minimum atomic E-state index is -0.0389. The minimum absolute atomic E-state index is 0.0389. The van der Waals surface area contributed by atoms with Crippen LogP contribution in [0.25, 0.3) is 0 Å². The predicted molar refractivity (Wildman–Crippen MR) is 88.7 cm³/mol. The van der Waals surface area contributed by atoms with Crippen LogP contribution in [0.15, 0.2) is 53.0 Å². The molecule has 21 heavy (non-hydrogen) atoms. The molecule has 0 saturated carbocycles. The third-order valence-corrected chi connectivity index (χ3v) is 3.56. The highest BCUT2D eigenvalue weighted by Gasteiger charge is 2.07. The third kappa shape index (κ3) is 4.90. The number of carbonyl (C=O) groups excluding carboxylic acids is 1. The molecule has 2 aromatic carbocycles. The quantitative estimate of drug-likeness (QED) is 0.839. The van der Waals surface area contributed by atoms with Crippen molar-refractivity contribution in [2.24, 2.45) is 0 Å². The van der Waals surface area contributed by atoms with E-state index in [-0.39, 0.29) is 5.91 Å². The molecule has 0 unspecified atom stereocenters. The fraction of sp³-hybridized carbons (Fsp3) is 0.235. The average Bonchev–Trinajstić information content (AvgIpc) is 2.50. The lowest BCUT2D eigenvalue weighted by molar-refractivity contribution is -0.116. The maximum Gasteiger partial charge on any atom is 0.227 e. The molecule has 2 aromatic rings. The molecule has 0 bridgehead atoms. The number of carbonyl (C=O) groups is 1. The van der Waals surface area contributed by atoms with Crippen molar-refractivity contribution in [1.82, 2.24) is 0 Å². The molecule has 0 aromatic heterocycles. The summed E-state index contributed by atoms with van der Waals surface area (Å²) in [6, 6.07) is 15.4. The summed E-state index contributed by atoms with van der Waals surface area (Å²) in [6.45, 7) is 2.43. The van der Waals surface area contributed by atoms with Crippen LogP contribution < -0.4 is 10.1 Å². The predicted octanol–water partition coefficient (Wildman–Crippen LogP) is 4.42. The summed E-state index contributed by atoms with van der Waals surface area (Å²) in [5.41, 5.74) is 1.98. The van der Waals surface area contributed by atoms with Gasteiger partial charge in [-0.2, -0.15) is 0 Å². The molecule has 1 N–H and O–H groups in total. The highest BCUT2D eigenvalue weighted by atomic mass is 79.9. The molecule has 0 radical (unpaired) electrons. The van der Waals surface area contributed by atoms with Crippen molar-refractivity contribution < 1.29 is 9.53 Å². The van der Waals surface area contributed by atoms with Gasteiger partial charge in [-0.3, -0.25) is 4.79 Å². The summed E-state index contributed by atoms with van der Waals surface area (Å²) < 4.78 is 6.54. The number of rotatable bonds is 6. The van der Waals surface area contributed by atoms with Crippen molar-refractivity contribution >= 4 is 27.5 Å². The molecule has 0 aliphatic carbocycles. The van der Waals surface area contributed by atoms with E-state index in [1.165, 1.54) is 0 Å². The smallest absolute Gasteiger partial charge is 0.227 e. The second-order valence-electron chi connectivity index (χ2n) is 4.61. The van der Waals surface area contributed by atoms with E-state index in [0.29, 0.717) is 13.0 Å². The maximum absolute atomic E-state index is 12.0. The second-order valence-corrected chi connectivity index (χ2v) is 5.53. The number of para-hydroxylation sites is 1. The zero-order chi connectivity index (χ0) is 15.1. The molecule has 0 aliphatic heterocycles. The first-order chi connectivity index (χ1) is 10.2. The fourth-order valence-corrected chi connectivity index (χ4v) is 2.38. The molecule has 0 atom stereocenters. The van der Waals surface area contributed by atoms with Gasteiger partial charge >= 0.3 is 0 Å². The van der Waals surface area contributed by atoms with E-state index in [0.717, 1.165) is 27.9 Å². The van der Waals surface area contributed by atoms with E-state index >= 15 is 0 Å². The zero-order valence-electron chi connectivity index (χ0n) is 11.9. The summed E-state index contributed by atoms with van der Waals surface area (Å²) in [6.07, 6.45) is 1.20. The van der Waals surface area contributed by atoms with E-state index in [4.69, 9.17) is 4.74 Å². The molecule has 3 nitrogen and oxygen atoms in total. The lowest BCUT2D eigenvalue weighted by Crippen LogP contribution is -2.16. The molecule has 1 amide bonds. The van der Waals surface area contributed by atoms with Gasteiger partial charge in [0.15, 0.2) is 0 Å². The van der Waals surface area contributed by atoms with Crippen LogP contribution >= 0.6 is 15.9 Å². The second kappa shape index (κ2) is 7.84. The molecule has 0 spiro atoms. The summed E-state index contributed by atoms with van der Waals surface area (Å²) >= 11 is 3.44. The Balaban J connectivity index is 1.85. The lowest BCUT2D eigenvalue weighted by atomic mass is 10.1. The topological polar surface area (TPSA) is 38.3 Å². The van der Waals surface area contributed by atoms with E-state index in [9.17, 15) is 4.79 Å². The van der Waals surface area contributed by atoms with Gasteiger partial charge in [-0.1, -0.05) is 41.1 Å². The summed E-state index contributed by atoms with van der Waals surface area (Å²) in [5, 5.41) is 2.94. The van der Waals surface area contributed by atoms with Crippen molar-refractivity contribution in [2.75, 3.05) is 11.9 Å². The van der Waals surface area contributed by atoms with Crippen LogP contribution in [0.3, 0.4) is 0 Å². The number of nitrogens with one attached hydrogen (secondary N) is 1. The van der Waals surface area contributed by atoms with Crippen LogP contribution in [0, 0.1) is 0 Å². The number of ether oxygens (including phenoxy) is 1. The van der Waals surface area contributed by atoms with Crippen LogP contribution in [-0.4, -0.2) is 12.5 Å². The molecule has 0 heterocycles. The zero-order valence-corrected chi connectivity index (χ0v) is 13.5. The summed E-state index contributed by atoms with van der Waals surface area (Å²) in [4.78, 5) is 12.0. The van der Waals surface area contributed by atoms with Crippen LogP contribution in [-0.2, 0) is 11.2 Å². The van der Waals surface area contributed by atoms with Gasteiger partial charge in [0, 0.05) is 10.2 Å². The largest absolute Gasteiger partial charge is 0.493 e. The highest BCUT2D eigenvalue weighted by Crippen LogP contribution is 2.21. The van der Waals surface area contributed by atoms with Gasteiger partial charge in [0.05, 0.1) is 13.0 Å². The van der Waals surface area contributed by atoms with E-state index in [1.807, 2.05) is 48.5 Å². The Morgan fingerprint density at radius 1 is 1.19 bits per heavy atom. The van der Waals surface area contributed by atoms with Crippen molar-refractivity contribution in [2.45, 2.75) is 19.8 Å². The van der Waals surface area contributed by atoms with Gasteiger partial charge in [-0.05, 0) is 42.3 Å². The van der Waals surface area contributed by atoms with Crippen LogP contribution in [0.2, 0.25) is 0 Å². The standard InChI is InChI=1S/C17H18BrNO2/c1-2-13-12-14(18)8-9-16(13)19-17(20)10-11-21-15-6-4-3-5-7-15/h3-9,12H,2,10-11H2,1H3,(H,19,20). The summed E-state index contributed by atoms with van der Waals surface area (Å²) in [5.74, 6) is 0.742. The number of halogens is 1. The van der Waals surface area contributed by atoms with E-state index in [1.54, 1.807) is 0 Å². The first-order valence-electron chi connectivity index (χ1n) is 6.95. The highest BCUT2D eigenvalue weighted by molar-refractivity contribution is 9.10. The van der Waals surface area contributed by atoms with Gasteiger partial charge in [0.1, 0.15) is 5.75 Å². The molecular formula is C17H18BrNO2. The lowest BCUT2D eigenvalue weighted by Gasteiger charge is -2.11. The molecule has 4 heteroatoms. The number of hydrogen-bond acceptors (Lipinski definition) is 2. The number of hydrogen-bond donors (Lipinski definition) is 1. The number of aryl methyl sites for hydroxylation is 1. The Hall–Kier alpha value is -1.81. The van der Waals surface area contributed by atoms with Crippen LogP contribution in [0.5, 0.6) is 5.75 Å². The van der Waals surface area contributed by atoms with Gasteiger partial charge in [0.2, 0.25) is 5.91 Å². The van der Waals surface area contributed by atoms with Crippen molar-refractivity contribution in [1.29, 1.82) is 0 Å². The number of benzene rings is 2. The first kappa shape index (κ1) is 15.6. The Kier molecular flexibility index (Phi) is 5.81. The molecular weight excluding hydrogens is 330 g/mol. The fourth-order valence-electron chi connectivity index (χ4n) is 1.97. The number of anilines is 1. The van der Waals surface area contributed by atoms with Gasteiger partial charge in [0.25, 0.3) is 0 Å². The van der Waals surface area contributed by atoms with Crippen LogP contribution in [0.1, 0.15) is 18.9 Å². The molecule has 110 valence electrons.